The highest BCUT2D eigenvalue weighted by Crippen LogP contribution is 2.19. The van der Waals surface area contributed by atoms with Gasteiger partial charge in [-0.1, -0.05) is 36.4 Å². The summed E-state index contributed by atoms with van der Waals surface area (Å²) in [6.45, 7) is 1.88. The van der Waals surface area contributed by atoms with Crippen LogP contribution >= 0.6 is 0 Å². The molecule has 0 saturated carbocycles. The summed E-state index contributed by atoms with van der Waals surface area (Å²) in [6.07, 6.45) is 1.65. The SMILES string of the molecule is Cc1ccccc1NC(=O)c1nc(C(=O)Nc2ccccc2F)c2ccccn12. The molecule has 29 heavy (non-hydrogen) atoms. The molecule has 0 radical (unpaired) electrons. The molecule has 0 aliphatic carbocycles. The van der Waals surface area contributed by atoms with Crippen LogP contribution in [-0.2, 0) is 0 Å². The summed E-state index contributed by atoms with van der Waals surface area (Å²) >= 11 is 0. The van der Waals surface area contributed by atoms with E-state index in [0.717, 1.165) is 5.56 Å². The van der Waals surface area contributed by atoms with Gasteiger partial charge >= 0.3 is 0 Å². The number of nitrogens with zero attached hydrogens (tertiary/aromatic N) is 2. The lowest BCUT2D eigenvalue weighted by Gasteiger charge is -2.07. The van der Waals surface area contributed by atoms with Crippen LogP contribution in [0.5, 0.6) is 0 Å². The molecular weight excluding hydrogens is 371 g/mol. The Morgan fingerprint density at radius 2 is 1.52 bits per heavy atom. The van der Waals surface area contributed by atoms with Gasteiger partial charge in [0.05, 0.1) is 11.2 Å². The minimum absolute atomic E-state index is 0.0313. The summed E-state index contributed by atoms with van der Waals surface area (Å²) in [5.41, 5.74) is 2.07. The molecule has 0 aliphatic heterocycles. The maximum Gasteiger partial charge on any atom is 0.292 e. The molecule has 2 aromatic heterocycles. The number of carbonyl (C=O) groups excluding carboxylic acids is 2. The van der Waals surface area contributed by atoms with Crippen molar-refractivity contribution in [3.63, 3.8) is 0 Å². The Balaban J connectivity index is 1.70. The van der Waals surface area contributed by atoms with Crippen molar-refractivity contribution in [2.24, 2.45) is 0 Å². The second kappa shape index (κ2) is 7.55. The molecule has 0 spiro atoms. The van der Waals surface area contributed by atoms with Gasteiger partial charge in [0.15, 0.2) is 5.69 Å². The Morgan fingerprint density at radius 1 is 0.862 bits per heavy atom. The number of rotatable bonds is 4. The molecule has 2 N–H and O–H groups in total. The van der Waals surface area contributed by atoms with E-state index >= 15 is 0 Å². The molecule has 2 amide bonds. The molecule has 144 valence electrons. The van der Waals surface area contributed by atoms with Crippen molar-refractivity contribution in [2.45, 2.75) is 6.92 Å². The number of hydrogen-bond acceptors (Lipinski definition) is 3. The number of aryl methyl sites for hydroxylation is 1. The van der Waals surface area contributed by atoms with E-state index in [0.29, 0.717) is 11.2 Å². The predicted octanol–water partition coefficient (Wildman–Crippen LogP) is 4.29. The van der Waals surface area contributed by atoms with Gasteiger partial charge in [0.25, 0.3) is 11.8 Å². The number of anilines is 2. The number of benzene rings is 2. The molecule has 0 atom stereocenters. The molecule has 4 rings (SSSR count). The number of para-hydroxylation sites is 2. The third kappa shape index (κ3) is 3.58. The maximum absolute atomic E-state index is 13.9. The Labute approximate surface area is 166 Å². The third-order valence-corrected chi connectivity index (χ3v) is 4.48. The number of halogens is 1. The standard InChI is InChI=1S/C22H17FN4O2/c1-14-8-2-4-10-16(14)24-22(29)20-26-19(18-12-6-7-13-27(18)20)21(28)25-17-11-5-3-9-15(17)23/h2-13H,1H3,(H,24,29)(H,25,28). The number of fused-ring (bicyclic) bond motifs is 1. The van der Waals surface area contributed by atoms with Gasteiger partial charge in [0, 0.05) is 11.9 Å². The van der Waals surface area contributed by atoms with Crippen molar-refractivity contribution in [3.8, 4) is 0 Å². The second-order valence-corrected chi connectivity index (χ2v) is 6.44. The third-order valence-electron chi connectivity index (χ3n) is 4.48. The zero-order valence-corrected chi connectivity index (χ0v) is 15.5. The van der Waals surface area contributed by atoms with Gasteiger partial charge in [-0.3, -0.25) is 14.0 Å². The van der Waals surface area contributed by atoms with Crippen molar-refractivity contribution in [1.29, 1.82) is 0 Å². The number of carbonyl (C=O) groups is 2. The topological polar surface area (TPSA) is 75.5 Å². The Morgan fingerprint density at radius 3 is 2.28 bits per heavy atom. The molecule has 6 nitrogen and oxygen atoms in total. The molecule has 7 heteroatoms. The lowest BCUT2D eigenvalue weighted by atomic mass is 10.2. The fourth-order valence-corrected chi connectivity index (χ4v) is 3.00. The predicted molar refractivity (Wildman–Crippen MR) is 109 cm³/mol. The first-order valence-electron chi connectivity index (χ1n) is 8.94. The lowest BCUT2D eigenvalue weighted by molar-refractivity contribution is 0.101. The number of pyridine rings is 1. The van der Waals surface area contributed by atoms with Crippen LogP contribution in [-0.4, -0.2) is 21.2 Å². The van der Waals surface area contributed by atoms with E-state index < -0.39 is 17.6 Å². The fraction of sp³-hybridized carbons (Fsp3) is 0.0455. The number of aromatic nitrogens is 2. The summed E-state index contributed by atoms with van der Waals surface area (Å²) in [5, 5.41) is 5.32. The zero-order valence-electron chi connectivity index (χ0n) is 15.5. The Hall–Kier alpha value is -4.00. The van der Waals surface area contributed by atoms with E-state index in [1.54, 1.807) is 36.5 Å². The maximum atomic E-state index is 13.9. The largest absolute Gasteiger partial charge is 0.319 e. The van der Waals surface area contributed by atoms with Crippen molar-refractivity contribution in [2.75, 3.05) is 10.6 Å². The van der Waals surface area contributed by atoms with Crippen LogP contribution in [0.4, 0.5) is 15.8 Å². The molecule has 0 aliphatic rings. The Kier molecular flexibility index (Phi) is 4.78. The fourth-order valence-electron chi connectivity index (χ4n) is 3.00. The van der Waals surface area contributed by atoms with Gasteiger partial charge < -0.3 is 10.6 Å². The average molecular weight is 388 g/mol. The first-order valence-corrected chi connectivity index (χ1v) is 8.94. The minimum Gasteiger partial charge on any atom is -0.319 e. The lowest BCUT2D eigenvalue weighted by Crippen LogP contribution is -2.17. The molecule has 0 saturated heterocycles. The van der Waals surface area contributed by atoms with Gasteiger partial charge in [-0.25, -0.2) is 9.37 Å². The van der Waals surface area contributed by atoms with Crippen LogP contribution in [0, 0.1) is 12.7 Å². The van der Waals surface area contributed by atoms with E-state index in [4.69, 9.17) is 0 Å². The summed E-state index contributed by atoms with van der Waals surface area (Å²) in [7, 11) is 0. The van der Waals surface area contributed by atoms with E-state index in [9.17, 15) is 14.0 Å². The Bertz CT molecular complexity index is 1140. The molecule has 2 aromatic carbocycles. The first-order chi connectivity index (χ1) is 14.0. The van der Waals surface area contributed by atoms with Crippen LogP contribution in [0.3, 0.4) is 0 Å². The van der Waals surface area contributed by atoms with Crippen molar-refractivity contribution in [3.05, 3.63) is 95.8 Å². The van der Waals surface area contributed by atoms with E-state index in [2.05, 4.69) is 15.6 Å². The average Bonchev–Trinajstić information content (AvgIpc) is 3.11. The van der Waals surface area contributed by atoms with Crippen LogP contribution in [0.1, 0.15) is 26.7 Å². The summed E-state index contributed by atoms with van der Waals surface area (Å²) < 4.78 is 15.4. The van der Waals surface area contributed by atoms with Gasteiger partial charge in [-0.05, 0) is 42.8 Å². The molecule has 0 unspecified atom stereocenters. The summed E-state index contributed by atoms with van der Waals surface area (Å²) in [5.74, 6) is -1.55. The highest BCUT2D eigenvalue weighted by molar-refractivity contribution is 6.10. The normalized spacial score (nSPS) is 10.7. The number of nitrogens with one attached hydrogen (secondary N) is 2. The van der Waals surface area contributed by atoms with Crippen LogP contribution in [0.2, 0.25) is 0 Å². The van der Waals surface area contributed by atoms with E-state index in [1.165, 1.54) is 22.6 Å². The van der Waals surface area contributed by atoms with Crippen LogP contribution in [0.25, 0.3) is 5.52 Å². The molecule has 0 bridgehead atoms. The van der Waals surface area contributed by atoms with E-state index in [-0.39, 0.29) is 17.2 Å². The quantitative estimate of drug-likeness (QED) is 0.548. The van der Waals surface area contributed by atoms with Crippen LogP contribution < -0.4 is 10.6 Å². The van der Waals surface area contributed by atoms with E-state index in [1.807, 2.05) is 25.1 Å². The molecule has 4 aromatic rings. The van der Waals surface area contributed by atoms with Gasteiger partial charge in [-0.15, -0.1) is 0 Å². The number of imidazole rings is 1. The first kappa shape index (κ1) is 18.4. The molecular formula is C22H17FN4O2. The number of amides is 2. The van der Waals surface area contributed by atoms with Gasteiger partial charge in [-0.2, -0.15) is 0 Å². The molecule has 2 heterocycles. The van der Waals surface area contributed by atoms with Gasteiger partial charge in [0.1, 0.15) is 5.82 Å². The van der Waals surface area contributed by atoms with Crippen molar-refractivity contribution in [1.82, 2.24) is 9.38 Å². The number of hydrogen-bond donors (Lipinski definition) is 2. The van der Waals surface area contributed by atoms with Crippen molar-refractivity contribution >= 4 is 28.7 Å². The zero-order chi connectivity index (χ0) is 20.4. The second-order valence-electron chi connectivity index (χ2n) is 6.44. The monoisotopic (exact) mass is 388 g/mol. The summed E-state index contributed by atoms with van der Waals surface area (Å²) in [6, 6.07) is 18.4. The highest BCUT2D eigenvalue weighted by atomic mass is 19.1. The van der Waals surface area contributed by atoms with Crippen LogP contribution in [0.15, 0.2) is 72.9 Å². The summed E-state index contributed by atoms with van der Waals surface area (Å²) in [4.78, 5) is 29.8. The molecule has 0 fully saturated rings. The highest BCUT2D eigenvalue weighted by Gasteiger charge is 2.22. The smallest absolute Gasteiger partial charge is 0.292 e. The van der Waals surface area contributed by atoms with Crippen molar-refractivity contribution < 1.29 is 14.0 Å². The minimum atomic E-state index is -0.603. The van der Waals surface area contributed by atoms with Gasteiger partial charge in [0.2, 0.25) is 5.82 Å².